The molecular weight excluding hydrogens is 295 g/mol. The van der Waals surface area contributed by atoms with Crippen LogP contribution >= 0.6 is 0 Å². The van der Waals surface area contributed by atoms with Crippen LogP contribution in [0.4, 0.5) is 4.39 Å². The van der Waals surface area contributed by atoms with Crippen molar-refractivity contribution < 1.29 is 17.6 Å². The molecule has 21 heavy (non-hydrogen) atoms. The number of benzene rings is 1. The van der Waals surface area contributed by atoms with Gasteiger partial charge in [-0.1, -0.05) is 20.3 Å². The van der Waals surface area contributed by atoms with Crippen molar-refractivity contribution in [2.45, 2.75) is 32.1 Å². The molecule has 1 aromatic carbocycles. The van der Waals surface area contributed by atoms with Crippen molar-refractivity contribution in [2.24, 2.45) is 11.1 Å². The first-order chi connectivity index (χ1) is 9.57. The molecule has 1 amide bonds. The molecule has 0 spiro atoms. The smallest absolute Gasteiger partial charge is 0.253 e. The van der Waals surface area contributed by atoms with Crippen molar-refractivity contribution >= 4 is 15.9 Å². The maximum absolute atomic E-state index is 13.8. The average molecular weight is 316 g/mol. The number of hydrogen-bond acceptors (Lipinski definition) is 3. The molecule has 0 saturated heterocycles. The molecule has 0 aromatic heterocycles. The molecule has 7 heteroatoms. The zero-order valence-corrected chi connectivity index (χ0v) is 13.5. The number of nitrogens with zero attached hydrogens (tertiary/aromatic N) is 1. The number of sulfonamides is 1. The third kappa shape index (κ3) is 4.25. The Balaban J connectivity index is 3.20. The molecule has 0 aliphatic heterocycles. The van der Waals surface area contributed by atoms with E-state index in [4.69, 9.17) is 5.14 Å². The summed E-state index contributed by atoms with van der Waals surface area (Å²) in [6, 6.07) is 2.33. The fourth-order valence-corrected chi connectivity index (χ4v) is 2.67. The maximum Gasteiger partial charge on any atom is 0.253 e. The van der Waals surface area contributed by atoms with Gasteiger partial charge in [-0.15, -0.1) is 0 Å². The largest absolute Gasteiger partial charge is 0.341 e. The number of halogens is 1. The predicted octanol–water partition coefficient (Wildman–Crippen LogP) is 1.90. The SMILES string of the molecule is CCC(C)CN(C)C(=O)c1cc(C)c(F)c(S(N)(=O)=O)c1. The van der Waals surface area contributed by atoms with Gasteiger partial charge in [0.05, 0.1) is 0 Å². The van der Waals surface area contributed by atoms with E-state index >= 15 is 0 Å². The van der Waals surface area contributed by atoms with E-state index in [1.165, 1.54) is 17.9 Å². The Labute approximate surface area is 125 Å². The standard InChI is InChI=1S/C14H21FN2O3S/c1-5-9(2)8-17(4)14(18)11-6-10(3)13(15)12(7-11)21(16,19)20/h6-7,9H,5,8H2,1-4H3,(H2,16,19,20). The lowest BCUT2D eigenvalue weighted by molar-refractivity contribution is 0.0774. The summed E-state index contributed by atoms with van der Waals surface area (Å²) in [6.07, 6.45) is 0.919. The van der Waals surface area contributed by atoms with E-state index in [9.17, 15) is 17.6 Å². The van der Waals surface area contributed by atoms with E-state index in [1.54, 1.807) is 7.05 Å². The molecule has 0 fully saturated rings. The van der Waals surface area contributed by atoms with Gasteiger partial charge in [0, 0.05) is 19.2 Å². The topological polar surface area (TPSA) is 80.5 Å². The minimum atomic E-state index is -4.21. The summed E-state index contributed by atoms with van der Waals surface area (Å²) in [5.41, 5.74) is 0.186. The van der Waals surface area contributed by atoms with Crippen molar-refractivity contribution in [1.29, 1.82) is 0 Å². The van der Waals surface area contributed by atoms with Gasteiger partial charge in [-0.05, 0) is 30.5 Å². The van der Waals surface area contributed by atoms with Crippen molar-refractivity contribution in [1.82, 2.24) is 4.90 Å². The van der Waals surface area contributed by atoms with Crippen LogP contribution in [0.15, 0.2) is 17.0 Å². The van der Waals surface area contributed by atoms with Crippen LogP contribution in [0.5, 0.6) is 0 Å². The van der Waals surface area contributed by atoms with Gasteiger partial charge < -0.3 is 4.90 Å². The average Bonchev–Trinajstić information content (AvgIpc) is 2.39. The second-order valence-electron chi connectivity index (χ2n) is 5.35. The summed E-state index contributed by atoms with van der Waals surface area (Å²) in [7, 11) is -2.58. The molecule has 1 rings (SSSR count). The molecule has 0 bridgehead atoms. The van der Waals surface area contributed by atoms with Gasteiger partial charge in [0.25, 0.3) is 5.91 Å². The molecule has 118 valence electrons. The summed E-state index contributed by atoms with van der Waals surface area (Å²) >= 11 is 0. The second-order valence-corrected chi connectivity index (χ2v) is 6.88. The summed E-state index contributed by atoms with van der Waals surface area (Å²) in [6.45, 7) is 5.96. The highest BCUT2D eigenvalue weighted by Crippen LogP contribution is 2.20. The number of nitrogens with two attached hydrogens (primary N) is 1. The van der Waals surface area contributed by atoms with Crippen molar-refractivity contribution in [2.75, 3.05) is 13.6 Å². The molecule has 0 aliphatic rings. The third-order valence-corrected chi connectivity index (χ3v) is 4.31. The summed E-state index contributed by atoms with van der Waals surface area (Å²) in [5.74, 6) is -0.958. The van der Waals surface area contributed by atoms with Crippen LogP contribution in [-0.2, 0) is 10.0 Å². The summed E-state index contributed by atoms with van der Waals surface area (Å²) < 4.78 is 36.6. The number of carbonyl (C=O) groups is 1. The lowest BCUT2D eigenvalue weighted by Gasteiger charge is -2.21. The van der Waals surface area contributed by atoms with Crippen LogP contribution in [0.25, 0.3) is 0 Å². The summed E-state index contributed by atoms with van der Waals surface area (Å²) in [5, 5.41) is 4.98. The minimum absolute atomic E-state index is 0.0711. The third-order valence-electron chi connectivity index (χ3n) is 3.40. The van der Waals surface area contributed by atoms with Gasteiger partial charge in [-0.3, -0.25) is 4.79 Å². The van der Waals surface area contributed by atoms with Gasteiger partial charge >= 0.3 is 0 Å². The van der Waals surface area contributed by atoms with E-state index in [-0.39, 0.29) is 17.0 Å². The Bertz CT molecular complexity index is 644. The second kappa shape index (κ2) is 6.53. The molecule has 1 atom stereocenters. The van der Waals surface area contributed by atoms with E-state index in [0.717, 1.165) is 12.5 Å². The number of rotatable bonds is 5. The lowest BCUT2D eigenvalue weighted by Crippen LogP contribution is -2.31. The van der Waals surface area contributed by atoms with Crippen LogP contribution in [0.3, 0.4) is 0 Å². The monoisotopic (exact) mass is 316 g/mol. The van der Waals surface area contributed by atoms with Crippen molar-refractivity contribution in [3.63, 3.8) is 0 Å². The first-order valence-corrected chi connectivity index (χ1v) is 8.21. The molecular formula is C14H21FN2O3S. The Morgan fingerprint density at radius 2 is 2.00 bits per heavy atom. The van der Waals surface area contributed by atoms with Gasteiger partial charge in [-0.25, -0.2) is 17.9 Å². The van der Waals surface area contributed by atoms with Gasteiger partial charge in [0.2, 0.25) is 10.0 Å². The van der Waals surface area contributed by atoms with Crippen molar-refractivity contribution in [3.8, 4) is 0 Å². The predicted molar refractivity (Wildman–Crippen MR) is 78.9 cm³/mol. The van der Waals surface area contributed by atoms with Crippen LogP contribution in [0.2, 0.25) is 0 Å². The summed E-state index contributed by atoms with van der Waals surface area (Å²) in [4.78, 5) is 13.2. The number of carbonyl (C=O) groups excluding carboxylic acids is 1. The van der Waals surface area contributed by atoms with E-state index in [0.29, 0.717) is 12.5 Å². The number of hydrogen-bond donors (Lipinski definition) is 1. The Morgan fingerprint density at radius 1 is 1.43 bits per heavy atom. The van der Waals surface area contributed by atoms with Crippen LogP contribution in [0.1, 0.15) is 36.2 Å². The fraction of sp³-hybridized carbons (Fsp3) is 0.500. The minimum Gasteiger partial charge on any atom is -0.341 e. The number of aryl methyl sites for hydroxylation is 1. The number of amides is 1. The Morgan fingerprint density at radius 3 is 2.48 bits per heavy atom. The highest BCUT2D eigenvalue weighted by Gasteiger charge is 2.22. The lowest BCUT2D eigenvalue weighted by atomic mass is 10.1. The van der Waals surface area contributed by atoms with E-state index in [2.05, 4.69) is 0 Å². The van der Waals surface area contributed by atoms with Gasteiger partial charge in [0.1, 0.15) is 10.7 Å². The molecule has 1 aromatic rings. The molecule has 2 N–H and O–H groups in total. The Kier molecular flexibility index (Phi) is 5.47. The molecule has 5 nitrogen and oxygen atoms in total. The molecule has 0 radical (unpaired) electrons. The van der Waals surface area contributed by atoms with E-state index in [1.807, 2.05) is 13.8 Å². The quantitative estimate of drug-likeness (QED) is 0.901. The highest BCUT2D eigenvalue weighted by molar-refractivity contribution is 7.89. The first kappa shape index (κ1) is 17.6. The normalized spacial score (nSPS) is 13.0. The molecule has 0 saturated carbocycles. The van der Waals surface area contributed by atoms with Crippen molar-refractivity contribution in [3.05, 3.63) is 29.1 Å². The van der Waals surface area contributed by atoms with Crippen LogP contribution < -0.4 is 5.14 Å². The van der Waals surface area contributed by atoms with E-state index < -0.39 is 20.7 Å². The van der Waals surface area contributed by atoms with Gasteiger partial charge in [-0.2, -0.15) is 0 Å². The Hall–Kier alpha value is -1.47. The molecule has 0 aliphatic carbocycles. The fourth-order valence-electron chi connectivity index (χ4n) is 1.97. The number of primary sulfonamides is 1. The first-order valence-electron chi connectivity index (χ1n) is 6.66. The van der Waals surface area contributed by atoms with Crippen LogP contribution in [0, 0.1) is 18.7 Å². The van der Waals surface area contributed by atoms with Gasteiger partial charge in [0.15, 0.2) is 0 Å². The maximum atomic E-state index is 13.8. The molecule has 1 unspecified atom stereocenters. The zero-order chi connectivity index (χ0) is 16.4. The van der Waals surface area contributed by atoms with Crippen LogP contribution in [-0.4, -0.2) is 32.8 Å². The highest BCUT2D eigenvalue weighted by atomic mass is 32.2. The zero-order valence-electron chi connectivity index (χ0n) is 12.7. The molecule has 0 heterocycles.